The molecule has 0 aliphatic heterocycles. The maximum absolute atomic E-state index is 13.4. The maximum atomic E-state index is 13.4. The van der Waals surface area contributed by atoms with Gasteiger partial charge in [-0.2, -0.15) is 13.2 Å². The molecule has 0 saturated carbocycles. The summed E-state index contributed by atoms with van der Waals surface area (Å²) in [5, 5.41) is 3.24. The van der Waals surface area contributed by atoms with Gasteiger partial charge in [-0.3, -0.25) is 0 Å². The van der Waals surface area contributed by atoms with Crippen LogP contribution in [-0.2, 0) is 25.6 Å². The van der Waals surface area contributed by atoms with E-state index in [1.165, 1.54) is 11.1 Å². The summed E-state index contributed by atoms with van der Waals surface area (Å²) in [6, 6.07) is 10.9. The second-order valence-electron chi connectivity index (χ2n) is 6.14. The molecule has 0 atom stereocenters. The highest BCUT2D eigenvalue weighted by atomic mass is 35.5. The van der Waals surface area contributed by atoms with E-state index in [-0.39, 0.29) is 12.4 Å². The molecular weight excluding hydrogens is 366 g/mol. The third-order valence-electron chi connectivity index (χ3n) is 4.11. The second-order valence-corrected chi connectivity index (χ2v) is 6.14. The molecule has 0 bridgehead atoms. The van der Waals surface area contributed by atoms with Gasteiger partial charge >= 0.3 is 6.18 Å². The van der Waals surface area contributed by atoms with Crippen molar-refractivity contribution in [3.8, 4) is 0 Å². The number of benzene rings is 2. The highest BCUT2D eigenvalue weighted by Gasteiger charge is 2.31. The van der Waals surface area contributed by atoms with Crippen LogP contribution in [0.5, 0.6) is 0 Å². The third kappa shape index (κ3) is 6.96. The van der Waals surface area contributed by atoms with Gasteiger partial charge in [0.1, 0.15) is 5.82 Å². The van der Waals surface area contributed by atoms with Gasteiger partial charge in [0.15, 0.2) is 0 Å². The Bertz CT molecular complexity index is 686. The normalized spacial score (nSPS) is 11.3. The minimum atomic E-state index is -4.53. The first-order valence-electron chi connectivity index (χ1n) is 8.54. The number of aryl methyl sites for hydroxylation is 1. The molecule has 0 spiro atoms. The topological polar surface area (TPSA) is 12.0 Å². The minimum absolute atomic E-state index is 0. The van der Waals surface area contributed by atoms with Gasteiger partial charge in [-0.15, -0.1) is 12.4 Å². The quantitative estimate of drug-likeness (QED) is 0.435. The summed E-state index contributed by atoms with van der Waals surface area (Å²) in [5.41, 5.74) is 1.90. The van der Waals surface area contributed by atoms with E-state index < -0.39 is 17.6 Å². The highest BCUT2D eigenvalue weighted by Crippen LogP contribution is 2.30. The molecule has 26 heavy (non-hydrogen) atoms. The zero-order chi connectivity index (χ0) is 18.3. The lowest BCUT2D eigenvalue weighted by molar-refractivity contribution is -0.137. The van der Waals surface area contributed by atoms with E-state index >= 15 is 0 Å². The van der Waals surface area contributed by atoms with Crippen LogP contribution in [0.15, 0.2) is 42.5 Å². The van der Waals surface area contributed by atoms with E-state index in [0.717, 1.165) is 31.4 Å². The van der Waals surface area contributed by atoms with Crippen LogP contribution in [0.4, 0.5) is 17.6 Å². The summed E-state index contributed by atoms with van der Waals surface area (Å²) in [6.07, 6.45) is -0.906. The first-order chi connectivity index (χ1) is 11.9. The van der Waals surface area contributed by atoms with Crippen LogP contribution >= 0.6 is 12.4 Å². The predicted octanol–water partition coefficient (Wildman–Crippen LogP) is 5.94. The smallest absolute Gasteiger partial charge is 0.312 e. The zero-order valence-electron chi connectivity index (χ0n) is 14.7. The average molecular weight is 390 g/mol. The SMILES string of the molecule is CCCCc1ccccc1CNCCc1cc(F)cc(C(F)(F)F)c1.Cl. The van der Waals surface area contributed by atoms with E-state index in [1.807, 2.05) is 12.1 Å². The van der Waals surface area contributed by atoms with Crippen molar-refractivity contribution >= 4 is 12.4 Å². The molecule has 0 aliphatic rings. The van der Waals surface area contributed by atoms with Crippen LogP contribution in [-0.4, -0.2) is 6.54 Å². The van der Waals surface area contributed by atoms with Crippen LogP contribution in [0.3, 0.4) is 0 Å². The largest absolute Gasteiger partial charge is 0.416 e. The first-order valence-corrected chi connectivity index (χ1v) is 8.54. The molecule has 0 heterocycles. The number of rotatable bonds is 8. The molecule has 0 saturated heterocycles. The number of hydrogen-bond donors (Lipinski definition) is 1. The Morgan fingerprint density at radius 1 is 0.962 bits per heavy atom. The van der Waals surface area contributed by atoms with Crippen LogP contribution in [0.2, 0.25) is 0 Å². The van der Waals surface area contributed by atoms with Crippen molar-refractivity contribution in [1.82, 2.24) is 5.32 Å². The van der Waals surface area contributed by atoms with Gasteiger partial charge in [-0.25, -0.2) is 4.39 Å². The van der Waals surface area contributed by atoms with Crippen LogP contribution in [0.25, 0.3) is 0 Å². The van der Waals surface area contributed by atoms with E-state index in [2.05, 4.69) is 24.4 Å². The fraction of sp³-hybridized carbons (Fsp3) is 0.400. The Labute approximate surface area is 158 Å². The standard InChI is InChI=1S/C20H23F4N.ClH/c1-2-3-6-16-7-4-5-8-17(16)14-25-10-9-15-11-18(20(22,23)24)13-19(21)12-15;/h4-5,7-8,11-13,25H,2-3,6,9-10,14H2,1H3;1H. The molecule has 2 rings (SSSR count). The summed E-state index contributed by atoms with van der Waals surface area (Å²) in [6.45, 7) is 3.29. The summed E-state index contributed by atoms with van der Waals surface area (Å²) in [4.78, 5) is 0. The van der Waals surface area contributed by atoms with Gasteiger partial charge in [0.25, 0.3) is 0 Å². The molecule has 1 nitrogen and oxygen atoms in total. The summed E-state index contributed by atoms with van der Waals surface area (Å²) in [5.74, 6) is -0.852. The molecular formula is C20H24ClF4N. The molecule has 0 aliphatic carbocycles. The summed E-state index contributed by atoms with van der Waals surface area (Å²) < 4.78 is 51.5. The summed E-state index contributed by atoms with van der Waals surface area (Å²) >= 11 is 0. The van der Waals surface area contributed by atoms with Gasteiger partial charge in [0.05, 0.1) is 5.56 Å². The molecule has 2 aromatic carbocycles. The predicted molar refractivity (Wildman–Crippen MR) is 99.1 cm³/mol. The molecule has 2 aromatic rings. The Morgan fingerprint density at radius 2 is 1.65 bits per heavy atom. The van der Waals surface area contributed by atoms with Crippen LogP contribution in [0, 0.1) is 5.82 Å². The van der Waals surface area contributed by atoms with E-state index in [9.17, 15) is 17.6 Å². The molecule has 1 N–H and O–H groups in total. The highest BCUT2D eigenvalue weighted by molar-refractivity contribution is 5.85. The molecule has 144 valence electrons. The Morgan fingerprint density at radius 3 is 2.31 bits per heavy atom. The van der Waals surface area contributed by atoms with E-state index in [0.29, 0.717) is 31.1 Å². The Balaban J connectivity index is 0.00000338. The fourth-order valence-electron chi connectivity index (χ4n) is 2.76. The van der Waals surface area contributed by atoms with Crippen LogP contribution in [0.1, 0.15) is 42.0 Å². The lowest BCUT2D eigenvalue weighted by Crippen LogP contribution is -2.18. The van der Waals surface area contributed by atoms with Crippen molar-refractivity contribution in [3.05, 3.63) is 70.5 Å². The minimum Gasteiger partial charge on any atom is -0.312 e. The van der Waals surface area contributed by atoms with Crippen molar-refractivity contribution in [3.63, 3.8) is 0 Å². The average Bonchev–Trinajstić information content (AvgIpc) is 2.56. The van der Waals surface area contributed by atoms with Crippen molar-refractivity contribution in [2.75, 3.05) is 6.54 Å². The molecule has 6 heteroatoms. The maximum Gasteiger partial charge on any atom is 0.416 e. The molecule has 0 radical (unpaired) electrons. The van der Waals surface area contributed by atoms with Crippen molar-refractivity contribution in [2.24, 2.45) is 0 Å². The fourth-order valence-corrected chi connectivity index (χ4v) is 2.76. The van der Waals surface area contributed by atoms with Crippen molar-refractivity contribution in [1.29, 1.82) is 0 Å². The second kappa shape index (κ2) is 10.5. The van der Waals surface area contributed by atoms with Gasteiger partial charge in [0, 0.05) is 6.54 Å². The monoisotopic (exact) mass is 389 g/mol. The zero-order valence-corrected chi connectivity index (χ0v) is 15.5. The number of halogens is 5. The number of nitrogens with one attached hydrogen (secondary N) is 1. The first kappa shape index (κ1) is 22.5. The Hall–Kier alpha value is -1.59. The molecule has 0 aromatic heterocycles. The third-order valence-corrected chi connectivity index (χ3v) is 4.11. The lowest BCUT2D eigenvalue weighted by atomic mass is 10.0. The van der Waals surface area contributed by atoms with E-state index in [1.54, 1.807) is 0 Å². The molecule has 0 amide bonds. The van der Waals surface area contributed by atoms with Gasteiger partial charge in [-0.1, -0.05) is 37.6 Å². The van der Waals surface area contributed by atoms with Crippen LogP contribution < -0.4 is 5.32 Å². The molecule has 0 fully saturated rings. The summed E-state index contributed by atoms with van der Waals surface area (Å²) in [7, 11) is 0. The van der Waals surface area contributed by atoms with Gasteiger partial charge in [0.2, 0.25) is 0 Å². The van der Waals surface area contributed by atoms with Gasteiger partial charge in [-0.05, 0) is 60.7 Å². The lowest BCUT2D eigenvalue weighted by Gasteiger charge is -2.12. The Kier molecular flexibility index (Phi) is 9.09. The van der Waals surface area contributed by atoms with E-state index in [4.69, 9.17) is 0 Å². The number of unbranched alkanes of at least 4 members (excludes halogenated alkanes) is 1. The van der Waals surface area contributed by atoms with Crippen molar-refractivity contribution < 1.29 is 17.6 Å². The van der Waals surface area contributed by atoms with Gasteiger partial charge < -0.3 is 5.32 Å². The number of alkyl halides is 3. The molecule has 0 unspecified atom stereocenters. The van der Waals surface area contributed by atoms with Crippen molar-refractivity contribution in [2.45, 2.75) is 45.3 Å². The number of hydrogen-bond acceptors (Lipinski definition) is 1.